The molecule has 0 aliphatic heterocycles. The van der Waals surface area contributed by atoms with Crippen LogP contribution in [-0.2, 0) is 0 Å². The Kier molecular flexibility index (Phi) is 5.90. The Bertz CT molecular complexity index is 1140. The number of carbonyl (C=O) groups is 1. The van der Waals surface area contributed by atoms with Crippen molar-refractivity contribution in [2.75, 3.05) is 0 Å². The quantitative estimate of drug-likeness (QED) is 0.361. The molecule has 2 aromatic carbocycles. The van der Waals surface area contributed by atoms with Gasteiger partial charge in [-0.3, -0.25) is 9.59 Å². The van der Waals surface area contributed by atoms with Crippen molar-refractivity contribution < 1.29 is 14.3 Å². The molecule has 6 nitrogen and oxygen atoms in total. The summed E-state index contributed by atoms with van der Waals surface area (Å²) in [4.78, 5) is 24.6. The van der Waals surface area contributed by atoms with E-state index in [1.54, 1.807) is 0 Å². The minimum absolute atomic E-state index is 0.0267. The van der Waals surface area contributed by atoms with Crippen molar-refractivity contribution in [3.8, 4) is 5.75 Å². The number of phenols is 1. The van der Waals surface area contributed by atoms with Gasteiger partial charge in [0.25, 0.3) is 5.91 Å². The van der Waals surface area contributed by atoms with E-state index < -0.39 is 11.3 Å². The van der Waals surface area contributed by atoms with Crippen molar-refractivity contribution >= 4 is 78.2 Å². The number of rotatable bonds is 3. The van der Waals surface area contributed by atoms with Crippen LogP contribution in [0.5, 0.6) is 5.75 Å². The van der Waals surface area contributed by atoms with E-state index in [-0.39, 0.29) is 32.9 Å². The number of halogens is 4. The van der Waals surface area contributed by atoms with Crippen molar-refractivity contribution in [3.05, 3.63) is 70.9 Å². The Balaban J connectivity index is 1.85. The number of phenolic OH excluding ortho intramolecular Hbond substituents is 1. The molecule has 1 aromatic heterocycles. The summed E-state index contributed by atoms with van der Waals surface area (Å²) in [6.07, 6.45) is 2.34. The van der Waals surface area contributed by atoms with E-state index in [4.69, 9.17) is 27.6 Å². The zero-order chi connectivity index (χ0) is 19.7. The highest BCUT2D eigenvalue weighted by Gasteiger charge is 2.12. The average Bonchev–Trinajstić information content (AvgIpc) is 2.61. The first-order valence-corrected chi connectivity index (χ1v) is 9.54. The highest BCUT2D eigenvalue weighted by molar-refractivity contribution is 9.11. The third-order valence-electron chi connectivity index (χ3n) is 3.47. The second-order valence-corrected chi connectivity index (χ2v) is 7.82. The highest BCUT2D eigenvalue weighted by atomic mass is 79.9. The molecule has 0 saturated carbocycles. The molecular weight excluding hydrogens is 527 g/mol. The molecule has 0 saturated heterocycles. The Hall–Kier alpha value is -1.87. The number of nitrogens with zero attached hydrogens (tertiary/aromatic N) is 1. The van der Waals surface area contributed by atoms with Gasteiger partial charge in [0.1, 0.15) is 12.0 Å². The second kappa shape index (κ2) is 8.02. The molecule has 1 amide bonds. The van der Waals surface area contributed by atoms with Crippen LogP contribution in [0.15, 0.2) is 53.8 Å². The van der Waals surface area contributed by atoms with E-state index in [0.717, 1.165) is 6.21 Å². The number of amides is 1. The largest absolute Gasteiger partial charge is 0.506 e. The Labute approximate surface area is 179 Å². The van der Waals surface area contributed by atoms with Crippen LogP contribution in [0, 0.1) is 0 Å². The molecule has 0 fully saturated rings. The third kappa shape index (κ3) is 4.19. The molecule has 3 aromatic rings. The summed E-state index contributed by atoms with van der Waals surface area (Å²) in [5, 5.41) is 14.2. The summed E-state index contributed by atoms with van der Waals surface area (Å²) in [5.74, 6) is -0.565. The van der Waals surface area contributed by atoms with Gasteiger partial charge in [-0.1, -0.05) is 23.2 Å². The number of hydrogen-bond donors (Lipinski definition) is 2. The lowest BCUT2D eigenvalue weighted by Crippen LogP contribution is -2.18. The van der Waals surface area contributed by atoms with Gasteiger partial charge < -0.3 is 9.52 Å². The van der Waals surface area contributed by atoms with Gasteiger partial charge in [0.2, 0.25) is 5.43 Å². The average molecular weight is 535 g/mol. The van der Waals surface area contributed by atoms with Crippen LogP contribution in [0.3, 0.4) is 0 Å². The van der Waals surface area contributed by atoms with Gasteiger partial charge in [-0.2, -0.15) is 5.10 Å². The van der Waals surface area contributed by atoms with Gasteiger partial charge in [0.15, 0.2) is 5.58 Å². The van der Waals surface area contributed by atoms with Gasteiger partial charge in [-0.05, 0) is 56.1 Å². The maximum Gasteiger partial charge on any atom is 0.271 e. The number of carbonyl (C=O) groups excluding carboxylic acids is 1. The predicted molar refractivity (Wildman–Crippen MR) is 111 cm³/mol. The molecule has 0 aliphatic carbocycles. The molecule has 0 radical (unpaired) electrons. The first-order chi connectivity index (χ1) is 12.8. The molecule has 0 bridgehead atoms. The fourth-order valence-electron chi connectivity index (χ4n) is 2.19. The Morgan fingerprint density at radius 1 is 1.19 bits per heavy atom. The SMILES string of the molecule is O=C(N/N=C/c1coc2c(Cl)cc(Cl)cc2c1=O)c1cc(Br)c(O)c(Br)c1. The predicted octanol–water partition coefficient (Wildman–Crippen LogP) is 5.09. The van der Waals surface area contributed by atoms with Gasteiger partial charge in [-0.15, -0.1) is 0 Å². The van der Waals surface area contributed by atoms with Crippen LogP contribution in [0.1, 0.15) is 15.9 Å². The summed E-state index contributed by atoms with van der Waals surface area (Å²) in [6, 6.07) is 5.77. The number of hydrogen-bond acceptors (Lipinski definition) is 5. The molecule has 0 unspecified atom stereocenters. The smallest absolute Gasteiger partial charge is 0.271 e. The van der Waals surface area contributed by atoms with E-state index in [1.165, 1.54) is 30.5 Å². The number of benzene rings is 2. The number of aromatic hydroxyl groups is 1. The lowest BCUT2D eigenvalue weighted by atomic mass is 10.2. The fourth-order valence-corrected chi connectivity index (χ4v) is 3.92. The lowest BCUT2D eigenvalue weighted by molar-refractivity contribution is 0.0955. The minimum atomic E-state index is -0.538. The van der Waals surface area contributed by atoms with Gasteiger partial charge >= 0.3 is 0 Å². The van der Waals surface area contributed by atoms with E-state index in [2.05, 4.69) is 42.4 Å². The van der Waals surface area contributed by atoms with Crippen LogP contribution in [-0.4, -0.2) is 17.2 Å². The molecule has 3 rings (SSSR count). The van der Waals surface area contributed by atoms with E-state index in [0.29, 0.717) is 14.0 Å². The topological polar surface area (TPSA) is 91.9 Å². The van der Waals surface area contributed by atoms with Gasteiger partial charge in [0, 0.05) is 10.6 Å². The fraction of sp³-hybridized carbons (Fsp3) is 0. The molecule has 1 heterocycles. The third-order valence-corrected chi connectivity index (χ3v) is 5.18. The summed E-state index contributed by atoms with van der Waals surface area (Å²) in [7, 11) is 0. The lowest BCUT2D eigenvalue weighted by Gasteiger charge is -2.05. The normalized spacial score (nSPS) is 11.3. The molecule has 10 heteroatoms. The molecule has 0 aliphatic rings. The van der Waals surface area contributed by atoms with Crippen molar-refractivity contribution in [2.45, 2.75) is 0 Å². The maximum atomic E-state index is 12.5. The Morgan fingerprint density at radius 2 is 1.85 bits per heavy atom. The number of hydrazone groups is 1. The molecule has 2 N–H and O–H groups in total. The summed E-state index contributed by atoms with van der Waals surface area (Å²) >= 11 is 18.2. The van der Waals surface area contributed by atoms with Crippen molar-refractivity contribution in [2.24, 2.45) is 5.10 Å². The van der Waals surface area contributed by atoms with Crippen LogP contribution in [0.25, 0.3) is 11.0 Å². The molecule has 27 heavy (non-hydrogen) atoms. The van der Waals surface area contributed by atoms with Crippen LogP contribution in [0.4, 0.5) is 0 Å². The van der Waals surface area contributed by atoms with Crippen LogP contribution < -0.4 is 10.9 Å². The van der Waals surface area contributed by atoms with Crippen molar-refractivity contribution in [1.82, 2.24) is 5.43 Å². The van der Waals surface area contributed by atoms with Crippen LogP contribution in [0.2, 0.25) is 10.0 Å². The molecule has 0 spiro atoms. The molecule has 0 atom stereocenters. The van der Waals surface area contributed by atoms with Crippen molar-refractivity contribution in [3.63, 3.8) is 0 Å². The first kappa shape index (κ1) is 19.9. The monoisotopic (exact) mass is 532 g/mol. The highest BCUT2D eigenvalue weighted by Crippen LogP contribution is 2.33. The van der Waals surface area contributed by atoms with Gasteiger partial charge in [-0.25, -0.2) is 5.43 Å². The first-order valence-electron chi connectivity index (χ1n) is 7.20. The van der Waals surface area contributed by atoms with E-state index in [9.17, 15) is 14.7 Å². The summed E-state index contributed by atoms with van der Waals surface area (Å²) in [5.41, 5.74) is 2.46. The van der Waals surface area contributed by atoms with Crippen molar-refractivity contribution in [1.29, 1.82) is 0 Å². The molecular formula is C17H8Br2Cl2N2O4. The molecule has 138 valence electrons. The maximum absolute atomic E-state index is 12.5. The summed E-state index contributed by atoms with van der Waals surface area (Å²) in [6.45, 7) is 0. The van der Waals surface area contributed by atoms with E-state index >= 15 is 0 Å². The zero-order valence-electron chi connectivity index (χ0n) is 13.1. The van der Waals surface area contributed by atoms with Gasteiger partial charge in [0.05, 0.1) is 31.1 Å². The zero-order valence-corrected chi connectivity index (χ0v) is 17.8. The number of fused-ring (bicyclic) bond motifs is 1. The minimum Gasteiger partial charge on any atom is -0.506 e. The Morgan fingerprint density at radius 3 is 2.52 bits per heavy atom. The van der Waals surface area contributed by atoms with E-state index in [1.807, 2.05) is 0 Å². The van der Waals surface area contributed by atoms with Crippen LogP contribution >= 0.6 is 55.1 Å². The standard InChI is InChI=1S/C17H8Br2Cl2N2O4/c18-11-1-7(2-12(19)15(11)25)17(26)23-22-5-8-6-27-16-10(14(8)24)3-9(20)4-13(16)21/h1-6,25H,(H,23,26)/b22-5+. The number of nitrogens with one attached hydrogen (secondary N) is 1. The summed E-state index contributed by atoms with van der Waals surface area (Å²) < 4.78 is 6.05. The second-order valence-electron chi connectivity index (χ2n) is 5.27.